The Morgan fingerprint density at radius 1 is 1.00 bits per heavy atom. The van der Waals surface area contributed by atoms with E-state index in [1.54, 1.807) is 37.4 Å². The monoisotopic (exact) mass is 581 g/mol. The molecule has 0 aliphatic carbocycles. The van der Waals surface area contributed by atoms with Crippen LogP contribution in [0.25, 0.3) is 0 Å². The van der Waals surface area contributed by atoms with Gasteiger partial charge in [-0.2, -0.15) is 5.48 Å². The van der Waals surface area contributed by atoms with Gasteiger partial charge < -0.3 is 24.7 Å². The summed E-state index contributed by atoms with van der Waals surface area (Å²) in [6.07, 6.45) is 3.96. The number of aliphatic carboxylic acids is 1. The van der Waals surface area contributed by atoms with Gasteiger partial charge in [-0.3, -0.25) is 4.79 Å². The Morgan fingerprint density at radius 2 is 1.76 bits per heavy atom. The lowest BCUT2D eigenvalue weighted by Crippen LogP contribution is -2.26. The molecule has 0 atom stereocenters. The fraction of sp³-hybridized carbons (Fsp3) is 0.312. The van der Waals surface area contributed by atoms with E-state index in [9.17, 15) is 18.7 Å². The maximum absolute atomic E-state index is 13.5. The predicted octanol–water partition coefficient (Wildman–Crippen LogP) is 6.06. The summed E-state index contributed by atoms with van der Waals surface area (Å²) in [6, 6.07) is 17.8. The van der Waals surface area contributed by atoms with Crippen LogP contribution in [0.4, 0.5) is 20.2 Å². The van der Waals surface area contributed by atoms with Crippen molar-refractivity contribution in [2.24, 2.45) is 4.99 Å². The molecule has 0 saturated carbocycles. The van der Waals surface area contributed by atoms with E-state index in [0.29, 0.717) is 54.1 Å². The van der Waals surface area contributed by atoms with E-state index in [1.807, 2.05) is 30.2 Å². The van der Waals surface area contributed by atoms with Crippen molar-refractivity contribution in [3.8, 4) is 0 Å². The van der Waals surface area contributed by atoms with Crippen LogP contribution in [0.15, 0.2) is 83.6 Å². The molecule has 0 saturated heterocycles. The molecule has 0 fully saturated rings. The smallest absolute Gasteiger partial charge is 0.303 e. The molecule has 0 heterocycles. The number of allylic oxidation sites excluding steroid dienone is 1. The highest BCUT2D eigenvalue weighted by Crippen LogP contribution is 2.25. The Labute approximate surface area is 244 Å². The number of carboxylic acid groups (broad SMARTS) is 1. The van der Waals surface area contributed by atoms with Crippen molar-refractivity contribution in [1.82, 2.24) is 5.48 Å². The molecule has 3 N–H and O–H groups in total. The minimum absolute atomic E-state index is 0.0558. The molecule has 10 heteroatoms. The third kappa shape index (κ3) is 10.7. The van der Waals surface area contributed by atoms with Crippen molar-refractivity contribution >= 4 is 23.2 Å². The van der Waals surface area contributed by atoms with Crippen LogP contribution in [0.2, 0.25) is 0 Å². The molecular formula is C32H37F2N3O5. The van der Waals surface area contributed by atoms with Crippen LogP contribution in [-0.4, -0.2) is 42.7 Å². The molecular weight excluding hydrogens is 544 g/mol. The SMILES string of the molecule is CNO/C(=C\Cc1ccc(CO)c(N=C(CCCCC(=O)O)N(C)c2ccc(F)cc2)c1)COCc1cccc(F)c1. The fourth-order valence-electron chi connectivity index (χ4n) is 4.17. The van der Waals surface area contributed by atoms with Crippen molar-refractivity contribution in [1.29, 1.82) is 0 Å². The number of unbranched alkanes of at least 4 members (excludes halogenated alkanes) is 1. The number of benzene rings is 3. The summed E-state index contributed by atoms with van der Waals surface area (Å²) in [5.41, 5.74) is 6.20. The first-order valence-electron chi connectivity index (χ1n) is 13.6. The van der Waals surface area contributed by atoms with Crippen molar-refractivity contribution in [3.63, 3.8) is 0 Å². The molecule has 0 unspecified atom stereocenters. The summed E-state index contributed by atoms with van der Waals surface area (Å²) >= 11 is 0. The molecule has 224 valence electrons. The first-order chi connectivity index (χ1) is 20.3. The number of amidine groups is 1. The maximum atomic E-state index is 13.5. The summed E-state index contributed by atoms with van der Waals surface area (Å²) in [4.78, 5) is 23.2. The Morgan fingerprint density at radius 3 is 2.45 bits per heavy atom. The number of aliphatic hydroxyl groups is 1. The average Bonchev–Trinajstić information content (AvgIpc) is 2.97. The second kappa shape index (κ2) is 17.0. The lowest BCUT2D eigenvalue weighted by atomic mass is 10.1. The van der Waals surface area contributed by atoms with Crippen molar-refractivity contribution in [3.05, 3.63) is 107 Å². The number of halogens is 2. The second-order valence-electron chi connectivity index (χ2n) is 9.59. The first kappa shape index (κ1) is 32.4. The van der Waals surface area contributed by atoms with E-state index >= 15 is 0 Å². The Hall–Kier alpha value is -4.12. The van der Waals surface area contributed by atoms with Crippen molar-refractivity contribution in [2.75, 3.05) is 25.6 Å². The van der Waals surface area contributed by atoms with Crippen LogP contribution in [0, 0.1) is 11.6 Å². The van der Waals surface area contributed by atoms with E-state index < -0.39 is 5.97 Å². The van der Waals surface area contributed by atoms with Gasteiger partial charge in [-0.1, -0.05) is 24.3 Å². The molecule has 3 aromatic carbocycles. The summed E-state index contributed by atoms with van der Waals surface area (Å²) < 4.78 is 32.7. The lowest BCUT2D eigenvalue weighted by molar-refractivity contribution is -0.137. The zero-order chi connectivity index (χ0) is 30.3. The highest BCUT2D eigenvalue weighted by molar-refractivity contribution is 5.99. The Balaban J connectivity index is 1.80. The van der Waals surface area contributed by atoms with Crippen molar-refractivity contribution < 1.29 is 33.4 Å². The molecule has 3 aromatic rings. The predicted molar refractivity (Wildman–Crippen MR) is 158 cm³/mol. The number of hydrogen-bond acceptors (Lipinski definition) is 6. The Kier molecular flexibility index (Phi) is 13.1. The normalized spacial score (nSPS) is 11.9. The largest absolute Gasteiger partial charge is 0.481 e. The number of carbonyl (C=O) groups is 1. The van der Waals surface area contributed by atoms with E-state index in [4.69, 9.17) is 19.7 Å². The summed E-state index contributed by atoms with van der Waals surface area (Å²) in [5, 5.41) is 19.0. The average molecular weight is 582 g/mol. The van der Waals surface area contributed by atoms with Crippen LogP contribution in [-0.2, 0) is 34.0 Å². The molecule has 0 radical (unpaired) electrons. The van der Waals surface area contributed by atoms with Crippen LogP contribution < -0.4 is 10.4 Å². The highest BCUT2D eigenvalue weighted by Gasteiger charge is 2.13. The van der Waals surface area contributed by atoms with Gasteiger partial charge in [-0.05, 0) is 78.9 Å². The lowest BCUT2D eigenvalue weighted by Gasteiger charge is -2.22. The van der Waals surface area contributed by atoms with Crippen molar-refractivity contribution in [2.45, 2.75) is 45.3 Å². The molecule has 0 bridgehead atoms. The molecule has 0 aliphatic heterocycles. The van der Waals surface area contributed by atoms with Gasteiger partial charge in [-0.15, -0.1) is 0 Å². The van der Waals surface area contributed by atoms with Gasteiger partial charge in [0.25, 0.3) is 0 Å². The van der Waals surface area contributed by atoms with E-state index in [1.165, 1.54) is 24.3 Å². The van der Waals surface area contributed by atoms with Gasteiger partial charge in [0, 0.05) is 38.2 Å². The highest BCUT2D eigenvalue weighted by atomic mass is 19.1. The van der Waals surface area contributed by atoms with Crippen LogP contribution in [0.1, 0.15) is 42.4 Å². The molecule has 42 heavy (non-hydrogen) atoms. The second-order valence-corrected chi connectivity index (χ2v) is 9.59. The minimum atomic E-state index is -0.857. The number of hydroxylamine groups is 1. The van der Waals surface area contributed by atoms with Crippen LogP contribution >= 0.6 is 0 Å². The third-order valence-corrected chi connectivity index (χ3v) is 6.41. The molecule has 0 amide bonds. The molecule has 3 rings (SSSR count). The zero-order valence-electron chi connectivity index (χ0n) is 23.9. The quantitative estimate of drug-likeness (QED) is 0.0621. The van der Waals surface area contributed by atoms with Gasteiger partial charge in [0.1, 0.15) is 29.8 Å². The number of aliphatic imine (C=N–C) groups is 1. The van der Waals surface area contributed by atoms with Gasteiger partial charge in [0.2, 0.25) is 0 Å². The fourth-order valence-corrected chi connectivity index (χ4v) is 4.17. The number of carboxylic acids is 1. The van der Waals surface area contributed by atoms with Crippen LogP contribution in [0.5, 0.6) is 0 Å². The number of anilines is 1. The minimum Gasteiger partial charge on any atom is -0.481 e. The number of hydrogen-bond donors (Lipinski definition) is 3. The summed E-state index contributed by atoms with van der Waals surface area (Å²) in [7, 11) is 3.46. The molecule has 0 aromatic heterocycles. The summed E-state index contributed by atoms with van der Waals surface area (Å²) in [6.45, 7) is 0.173. The number of nitrogens with zero attached hydrogens (tertiary/aromatic N) is 2. The topological polar surface area (TPSA) is 104 Å². The van der Waals surface area contributed by atoms with Gasteiger partial charge in [-0.25, -0.2) is 13.8 Å². The van der Waals surface area contributed by atoms with E-state index in [-0.39, 0.29) is 37.9 Å². The molecule has 8 nitrogen and oxygen atoms in total. The van der Waals surface area contributed by atoms with Gasteiger partial charge in [0.15, 0.2) is 0 Å². The Bertz CT molecular complexity index is 1360. The zero-order valence-corrected chi connectivity index (χ0v) is 23.9. The van der Waals surface area contributed by atoms with E-state index in [2.05, 4.69) is 5.48 Å². The number of ether oxygens (including phenoxy) is 1. The molecule has 0 aliphatic rings. The number of rotatable bonds is 16. The molecule has 0 spiro atoms. The first-order valence-corrected chi connectivity index (χ1v) is 13.6. The van der Waals surface area contributed by atoms with Gasteiger partial charge >= 0.3 is 5.97 Å². The van der Waals surface area contributed by atoms with E-state index in [0.717, 1.165) is 11.3 Å². The van der Waals surface area contributed by atoms with Crippen LogP contribution in [0.3, 0.4) is 0 Å². The third-order valence-electron chi connectivity index (χ3n) is 6.41. The van der Waals surface area contributed by atoms with Gasteiger partial charge in [0.05, 0.1) is 18.9 Å². The maximum Gasteiger partial charge on any atom is 0.303 e. The summed E-state index contributed by atoms with van der Waals surface area (Å²) in [5.74, 6) is -0.337. The number of aliphatic hydroxyl groups excluding tert-OH is 1. The standard InChI is InChI=1S/C32H37F2N3O5/c1-35-42-29(22-41-21-24-6-5-7-27(34)18-24)17-11-23-10-12-25(20-38)30(19-23)36-31(8-3-4-9-32(39)40)37(2)28-15-13-26(33)14-16-28/h5-7,10,12-19,35,38H,3-4,8-9,11,20-22H2,1-2H3,(H,39,40)/b29-17-,36-31?. The number of nitrogens with one attached hydrogen (secondary N) is 1.